The van der Waals surface area contributed by atoms with E-state index >= 15 is 0 Å². The first kappa shape index (κ1) is 23.2. The van der Waals surface area contributed by atoms with Gasteiger partial charge in [0.25, 0.3) is 5.56 Å². The molecule has 5 heterocycles. The molecule has 1 atom stereocenters. The van der Waals surface area contributed by atoms with Crippen LogP contribution < -0.4 is 15.2 Å². The van der Waals surface area contributed by atoms with Crippen LogP contribution in [0.5, 0.6) is 5.75 Å². The lowest BCUT2D eigenvalue weighted by atomic mass is 10.1. The molecule has 0 aromatic carbocycles. The number of hydrogen-bond donors (Lipinski definition) is 0. The number of ketones is 1. The number of unbranched alkanes of at least 4 members (excludes halogenated alkanes) is 1. The quantitative estimate of drug-likeness (QED) is 0.452. The van der Waals surface area contributed by atoms with Crippen LogP contribution in [0.4, 0.5) is 15.0 Å². The molecule has 0 bridgehead atoms. The third-order valence-electron chi connectivity index (χ3n) is 5.89. The van der Waals surface area contributed by atoms with E-state index in [1.165, 1.54) is 39.6 Å². The summed E-state index contributed by atoms with van der Waals surface area (Å²) in [5.41, 5.74) is 1.08. The third-order valence-corrected chi connectivity index (χ3v) is 6.97. The second-order valence-electron chi connectivity index (χ2n) is 8.34. The fourth-order valence-corrected chi connectivity index (χ4v) is 4.91. The summed E-state index contributed by atoms with van der Waals surface area (Å²) in [7, 11) is 1.54. The lowest BCUT2D eigenvalue weighted by molar-refractivity contribution is -0.116. The molecule has 1 fully saturated rings. The maximum atomic E-state index is 14.4. The van der Waals surface area contributed by atoms with Gasteiger partial charge >= 0.3 is 6.09 Å². The van der Waals surface area contributed by atoms with E-state index in [-0.39, 0.29) is 36.2 Å². The van der Waals surface area contributed by atoms with Crippen molar-refractivity contribution in [3.05, 3.63) is 46.4 Å². The van der Waals surface area contributed by atoms with Gasteiger partial charge < -0.3 is 14.0 Å². The Morgan fingerprint density at radius 2 is 2.06 bits per heavy atom. The van der Waals surface area contributed by atoms with Gasteiger partial charge in [0.15, 0.2) is 17.4 Å². The Kier molecular flexibility index (Phi) is 6.37. The number of Topliss-reactive ketones (excluding diaryl/α,β-unsaturated/α-hetero) is 1. The minimum atomic E-state index is -0.634. The second-order valence-corrected chi connectivity index (χ2v) is 9.31. The lowest BCUT2D eigenvalue weighted by Gasteiger charge is -2.16. The number of cyclic esters (lactones) is 1. The molecular formula is C23H22FN5O5S. The maximum absolute atomic E-state index is 14.4. The summed E-state index contributed by atoms with van der Waals surface area (Å²) in [5, 5.41) is 0.718. The van der Waals surface area contributed by atoms with Crippen LogP contribution in [-0.4, -0.2) is 56.4 Å². The Labute approximate surface area is 203 Å². The van der Waals surface area contributed by atoms with E-state index < -0.39 is 11.9 Å². The number of rotatable bonds is 7. The highest BCUT2D eigenvalue weighted by Gasteiger charge is 2.34. The Hall–Kier alpha value is -3.54. The zero-order valence-electron chi connectivity index (χ0n) is 18.9. The SMILES string of the molecule is Cn1c(=O)ccc2ncc(F)c(OCCCC[C@H]3CN(c4cnc5c(n4)CC(=O)CS5)C(=O)O3)c21. The van der Waals surface area contributed by atoms with Gasteiger partial charge in [-0.2, -0.15) is 0 Å². The first-order valence-electron chi connectivity index (χ1n) is 11.2. The number of thioether (sulfide) groups is 1. The number of pyridine rings is 2. The molecule has 0 radical (unpaired) electrons. The summed E-state index contributed by atoms with van der Waals surface area (Å²) >= 11 is 1.35. The molecule has 3 aromatic heterocycles. The summed E-state index contributed by atoms with van der Waals surface area (Å²) in [6.45, 7) is 0.561. The van der Waals surface area contributed by atoms with Crippen LogP contribution >= 0.6 is 11.8 Å². The number of hydrogen-bond acceptors (Lipinski definition) is 9. The van der Waals surface area contributed by atoms with Crippen LogP contribution in [-0.2, 0) is 23.0 Å². The van der Waals surface area contributed by atoms with E-state index in [4.69, 9.17) is 9.47 Å². The van der Waals surface area contributed by atoms with Crippen LogP contribution in [0.2, 0.25) is 0 Å². The van der Waals surface area contributed by atoms with Crippen LogP contribution in [0.15, 0.2) is 34.3 Å². The van der Waals surface area contributed by atoms with Gasteiger partial charge in [0, 0.05) is 13.1 Å². The molecule has 3 aromatic rings. The minimum Gasteiger partial charge on any atom is -0.488 e. The van der Waals surface area contributed by atoms with Crippen molar-refractivity contribution in [2.75, 3.05) is 23.8 Å². The summed E-state index contributed by atoms with van der Waals surface area (Å²) in [4.78, 5) is 50.3. The van der Waals surface area contributed by atoms with E-state index in [1.54, 1.807) is 7.05 Å². The first-order chi connectivity index (χ1) is 16.9. The molecule has 0 unspecified atom stereocenters. The van der Waals surface area contributed by atoms with Crippen molar-refractivity contribution >= 4 is 40.5 Å². The number of nitrogens with zero attached hydrogens (tertiary/aromatic N) is 5. The van der Waals surface area contributed by atoms with Crippen molar-refractivity contribution in [2.24, 2.45) is 7.05 Å². The number of aromatic nitrogens is 4. The number of halogens is 1. The van der Waals surface area contributed by atoms with Gasteiger partial charge in [-0.25, -0.2) is 19.2 Å². The van der Waals surface area contributed by atoms with Gasteiger partial charge in [-0.1, -0.05) is 11.8 Å². The second kappa shape index (κ2) is 9.61. The molecule has 2 aliphatic rings. The van der Waals surface area contributed by atoms with Crippen molar-refractivity contribution in [1.82, 2.24) is 19.5 Å². The standard InChI is InChI=1S/C23H22FN5O5S/c1-28-19(31)6-5-16-20(28)21(15(24)9-25-16)33-7-3-2-4-14-11-29(23(32)34-14)18-10-26-22-17(27-18)8-13(30)12-35-22/h5-6,9-10,14H,2-4,7-8,11-12H2,1H3/t14-/m0/s1. The molecular weight excluding hydrogens is 477 g/mol. The van der Waals surface area contributed by atoms with Crippen molar-refractivity contribution in [3.63, 3.8) is 0 Å². The third kappa shape index (κ3) is 4.70. The summed E-state index contributed by atoms with van der Waals surface area (Å²) in [6.07, 6.45) is 3.87. The van der Waals surface area contributed by atoms with Crippen molar-refractivity contribution in [2.45, 2.75) is 36.8 Å². The number of carbonyl (C=O) groups is 2. The van der Waals surface area contributed by atoms with Crippen molar-refractivity contribution in [1.29, 1.82) is 0 Å². The first-order valence-corrected chi connectivity index (χ1v) is 12.1. The molecule has 1 amide bonds. The number of fused-ring (bicyclic) bond motifs is 2. The zero-order chi connectivity index (χ0) is 24.5. The lowest BCUT2D eigenvalue weighted by Crippen LogP contribution is -2.27. The highest BCUT2D eigenvalue weighted by molar-refractivity contribution is 8.00. The number of aryl methyl sites for hydroxylation is 1. The molecule has 0 saturated carbocycles. The molecule has 12 heteroatoms. The molecule has 1 saturated heterocycles. The fourth-order valence-electron chi connectivity index (χ4n) is 4.10. The highest BCUT2D eigenvalue weighted by Crippen LogP contribution is 2.29. The Balaban J connectivity index is 1.15. The molecule has 0 spiro atoms. The smallest absolute Gasteiger partial charge is 0.415 e. The van der Waals surface area contributed by atoms with Crippen LogP contribution in [0.1, 0.15) is 25.0 Å². The largest absolute Gasteiger partial charge is 0.488 e. The van der Waals surface area contributed by atoms with E-state index in [2.05, 4.69) is 15.0 Å². The van der Waals surface area contributed by atoms with Gasteiger partial charge in [-0.3, -0.25) is 19.5 Å². The fraction of sp³-hybridized carbons (Fsp3) is 0.391. The van der Waals surface area contributed by atoms with E-state index in [9.17, 15) is 18.8 Å². The normalized spacial score (nSPS) is 17.5. The molecule has 35 heavy (non-hydrogen) atoms. The average Bonchev–Trinajstić information content (AvgIpc) is 3.22. The molecule has 10 nitrogen and oxygen atoms in total. The van der Waals surface area contributed by atoms with Crippen LogP contribution in [0.25, 0.3) is 11.0 Å². The highest BCUT2D eigenvalue weighted by atomic mass is 32.2. The van der Waals surface area contributed by atoms with Crippen LogP contribution in [0.3, 0.4) is 0 Å². The van der Waals surface area contributed by atoms with Gasteiger partial charge in [0.2, 0.25) is 0 Å². The van der Waals surface area contributed by atoms with Gasteiger partial charge in [-0.15, -0.1) is 0 Å². The molecule has 182 valence electrons. The molecule has 0 N–H and O–H groups in total. The van der Waals surface area contributed by atoms with Gasteiger partial charge in [0.1, 0.15) is 22.4 Å². The predicted molar refractivity (Wildman–Crippen MR) is 125 cm³/mol. The number of amides is 1. The summed E-state index contributed by atoms with van der Waals surface area (Å²) in [6, 6.07) is 2.91. The number of carbonyl (C=O) groups excluding carboxylic acids is 2. The van der Waals surface area contributed by atoms with E-state index in [0.717, 1.165) is 11.2 Å². The van der Waals surface area contributed by atoms with Gasteiger partial charge in [-0.05, 0) is 25.3 Å². The summed E-state index contributed by atoms with van der Waals surface area (Å²) < 4.78 is 26.8. The van der Waals surface area contributed by atoms with Crippen molar-refractivity contribution < 1.29 is 23.5 Å². The Bertz CT molecular complexity index is 1380. The van der Waals surface area contributed by atoms with E-state index in [0.29, 0.717) is 54.1 Å². The maximum Gasteiger partial charge on any atom is 0.415 e. The zero-order valence-corrected chi connectivity index (χ0v) is 19.7. The molecule has 5 rings (SSSR count). The average molecular weight is 500 g/mol. The number of anilines is 1. The monoisotopic (exact) mass is 499 g/mol. The summed E-state index contributed by atoms with van der Waals surface area (Å²) in [5.74, 6) is 0.211. The molecule has 2 aliphatic heterocycles. The topological polar surface area (TPSA) is 117 Å². The Morgan fingerprint density at radius 3 is 2.91 bits per heavy atom. The minimum absolute atomic E-state index is 0.00343. The van der Waals surface area contributed by atoms with Gasteiger partial charge in [0.05, 0.1) is 48.9 Å². The number of ether oxygens (including phenoxy) is 2. The molecule has 0 aliphatic carbocycles. The Morgan fingerprint density at radius 1 is 1.20 bits per heavy atom. The van der Waals surface area contributed by atoms with E-state index in [1.807, 2.05) is 0 Å². The predicted octanol–water partition coefficient (Wildman–Crippen LogP) is 2.65. The van der Waals surface area contributed by atoms with Crippen LogP contribution in [0, 0.1) is 5.82 Å². The van der Waals surface area contributed by atoms with Crippen molar-refractivity contribution in [3.8, 4) is 5.75 Å².